The minimum atomic E-state index is 0.0527. The molecular weight excluding hydrogens is 346 g/mol. The monoisotopic (exact) mass is 375 g/mol. The van der Waals surface area contributed by atoms with Crippen LogP contribution in [0.4, 0.5) is 5.69 Å². The molecule has 27 heavy (non-hydrogen) atoms. The van der Waals surface area contributed by atoms with Crippen molar-refractivity contribution in [3.8, 4) is 11.5 Å². The summed E-state index contributed by atoms with van der Waals surface area (Å²) in [7, 11) is 0. The van der Waals surface area contributed by atoms with Gasteiger partial charge in [-0.05, 0) is 12.1 Å². The minimum Gasteiger partial charge on any atom is -0.490 e. The number of nitrogen functional groups attached to an aromatic ring is 1. The maximum absolute atomic E-state index is 11.4. The molecule has 0 unspecified atom stereocenters. The van der Waals surface area contributed by atoms with Crippen molar-refractivity contribution in [1.82, 2.24) is 9.80 Å². The van der Waals surface area contributed by atoms with E-state index in [9.17, 15) is 9.59 Å². The molecule has 2 amide bonds. The van der Waals surface area contributed by atoms with Crippen LogP contribution in [-0.2, 0) is 9.59 Å². The second-order valence-electron chi connectivity index (χ2n) is 7.35. The molecule has 1 aromatic carbocycles. The molecule has 0 radical (unpaired) electrons. The van der Waals surface area contributed by atoms with Crippen molar-refractivity contribution < 1.29 is 19.1 Å². The van der Waals surface area contributed by atoms with E-state index in [-0.39, 0.29) is 24.0 Å². The standard InChI is InChI=1S/C20H29N3O4/c1-14(24)22-9-5-16(6-10-22)26-18-3-4-19(21)20(13-18)27-17-7-11-23(12-8-17)15(2)25/h3-4,13,16-17H,5-12,21H2,1-2H3. The first kappa shape index (κ1) is 19.3. The van der Waals surface area contributed by atoms with E-state index >= 15 is 0 Å². The van der Waals surface area contributed by atoms with Crippen LogP contribution in [0, 0.1) is 0 Å². The first-order valence-electron chi connectivity index (χ1n) is 9.66. The van der Waals surface area contributed by atoms with Gasteiger partial charge >= 0.3 is 0 Å². The van der Waals surface area contributed by atoms with Gasteiger partial charge in [0.25, 0.3) is 0 Å². The molecule has 2 heterocycles. The molecule has 0 atom stereocenters. The van der Waals surface area contributed by atoms with Gasteiger partial charge in [0, 0.05) is 71.8 Å². The number of carbonyl (C=O) groups is 2. The molecule has 0 aliphatic carbocycles. The van der Waals surface area contributed by atoms with Crippen LogP contribution in [0.25, 0.3) is 0 Å². The molecule has 0 aromatic heterocycles. The summed E-state index contributed by atoms with van der Waals surface area (Å²) in [6, 6.07) is 5.52. The third-order valence-electron chi connectivity index (χ3n) is 5.36. The first-order valence-corrected chi connectivity index (χ1v) is 9.66. The fourth-order valence-electron chi connectivity index (χ4n) is 3.64. The van der Waals surface area contributed by atoms with E-state index in [1.807, 2.05) is 21.9 Å². The third kappa shape index (κ3) is 5.05. The molecule has 7 heteroatoms. The van der Waals surface area contributed by atoms with Crippen molar-refractivity contribution in [3.05, 3.63) is 18.2 Å². The summed E-state index contributed by atoms with van der Waals surface area (Å²) in [5, 5.41) is 0. The van der Waals surface area contributed by atoms with E-state index < -0.39 is 0 Å². The molecule has 1 aromatic rings. The highest BCUT2D eigenvalue weighted by atomic mass is 16.5. The van der Waals surface area contributed by atoms with E-state index in [2.05, 4.69) is 0 Å². The van der Waals surface area contributed by atoms with Gasteiger partial charge in [-0.15, -0.1) is 0 Å². The number of amides is 2. The molecule has 2 aliphatic heterocycles. The van der Waals surface area contributed by atoms with Crippen LogP contribution in [0.1, 0.15) is 39.5 Å². The van der Waals surface area contributed by atoms with Crippen LogP contribution < -0.4 is 15.2 Å². The number of hydrogen-bond donors (Lipinski definition) is 1. The molecule has 0 spiro atoms. The highest BCUT2D eigenvalue weighted by Crippen LogP contribution is 2.31. The van der Waals surface area contributed by atoms with Gasteiger partial charge in [-0.2, -0.15) is 0 Å². The first-order chi connectivity index (χ1) is 12.9. The number of likely N-dealkylation sites (tertiary alicyclic amines) is 2. The Bertz CT molecular complexity index is 678. The Balaban J connectivity index is 1.55. The van der Waals surface area contributed by atoms with Gasteiger partial charge in [0.15, 0.2) is 0 Å². The van der Waals surface area contributed by atoms with E-state index in [0.717, 1.165) is 44.5 Å². The predicted octanol–water partition coefficient (Wildman–Crippen LogP) is 2.05. The number of piperidine rings is 2. The maximum atomic E-state index is 11.4. The van der Waals surface area contributed by atoms with Gasteiger partial charge < -0.3 is 25.0 Å². The second kappa shape index (κ2) is 8.50. The van der Waals surface area contributed by atoms with Crippen LogP contribution in [0.15, 0.2) is 18.2 Å². The number of nitrogens with zero attached hydrogens (tertiary/aromatic N) is 2. The van der Waals surface area contributed by atoms with Crippen LogP contribution >= 0.6 is 0 Å². The number of hydrogen-bond acceptors (Lipinski definition) is 5. The summed E-state index contributed by atoms with van der Waals surface area (Å²) in [5.41, 5.74) is 6.66. The van der Waals surface area contributed by atoms with Crippen LogP contribution in [-0.4, -0.2) is 60.0 Å². The van der Waals surface area contributed by atoms with Crippen LogP contribution in [0.2, 0.25) is 0 Å². The number of rotatable bonds is 4. The van der Waals surface area contributed by atoms with E-state index in [0.29, 0.717) is 24.5 Å². The number of carbonyl (C=O) groups excluding carboxylic acids is 2. The Kier molecular flexibility index (Phi) is 6.08. The fraction of sp³-hybridized carbons (Fsp3) is 0.600. The highest BCUT2D eigenvalue weighted by Gasteiger charge is 2.24. The molecule has 2 fully saturated rings. The Morgan fingerprint density at radius 1 is 0.889 bits per heavy atom. The second-order valence-corrected chi connectivity index (χ2v) is 7.35. The van der Waals surface area contributed by atoms with Gasteiger partial charge in [0.1, 0.15) is 23.7 Å². The topological polar surface area (TPSA) is 85.1 Å². The minimum absolute atomic E-state index is 0.0527. The zero-order valence-electron chi connectivity index (χ0n) is 16.1. The molecule has 148 valence electrons. The van der Waals surface area contributed by atoms with Crippen molar-refractivity contribution in [3.63, 3.8) is 0 Å². The Hall–Kier alpha value is -2.44. The van der Waals surface area contributed by atoms with Gasteiger partial charge in [0.2, 0.25) is 11.8 Å². The van der Waals surface area contributed by atoms with Crippen molar-refractivity contribution in [2.24, 2.45) is 0 Å². The Morgan fingerprint density at radius 2 is 1.37 bits per heavy atom. The van der Waals surface area contributed by atoms with E-state index in [4.69, 9.17) is 15.2 Å². The van der Waals surface area contributed by atoms with Crippen molar-refractivity contribution >= 4 is 17.5 Å². The Morgan fingerprint density at radius 3 is 1.85 bits per heavy atom. The normalized spacial score (nSPS) is 19.0. The van der Waals surface area contributed by atoms with Crippen LogP contribution in [0.5, 0.6) is 11.5 Å². The van der Waals surface area contributed by atoms with Crippen molar-refractivity contribution in [1.29, 1.82) is 0 Å². The number of anilines is 1. The lowest BCUT2D eigenvalue weighted by atomic mass is 10.1. The average Bonchev–Trinajstić information content (AvgIpc) is 2.65. The van der Waals surface area contributed by atoms with E-state index in [1.54, 1.807) is 19.9 Å². The largest absolute Gasteiger partial charge is 0.490 e. The number of nitrogens with two attached hydrogens (primary N) is 1. The summed E-state index contributed by atoms with van der Waals surface area (Å²) in [4.78, 5) is 26.6. The predicted molar refractivity (Wildman–Crippen MR) is 103 cm³/mol. The zero-order chi connectivity index (χ0) is 19.4. The number of ether oxygens (including phenoxy) is 2. The SMILES string of the molecule is CC(=O)N1CCC(Oc2ccc(N)c(OC3CCN(C(C)=O)CC3)c2)CC1. The number of benzene rings is 1. The smallest absolute Gasteiger partial charge is 0.219 e. The van der Waals surface area contributed by atoms with Gasteiger partial charge in [-0.25, -0.2) is 0 Å². The summed E-state index contributed by atoms with van der Waals surface area (Å²) >= 11 is 0. The van der Waals surface area contributed by atoms with Crippen molar-refractivity contribution in [2.75, 3.05) is 31.9 Å². The summed E-state index contributed by atoms with van der Waals surface area (Å²) in [6.45, 7) is 6.09. The molecule has 2 saturated heterocycles. The quantitative estimate of drug-likeness (QED) is 0.814. The Labute approximate surface area is 160 Å². The molecule has 2 aliphatic rings. The lowest BCUT2D eigenvalue weighted by molar-refractivity contribution is -0.131. The van der Waals surface area contributed by atoms with Gasteiger partial charge in [-0.3, -0.25) is 9.59 Å². The lowest BCUT2D eigenvalue weighted by Gasteiger charge is -2.32. The van der Waals surface area contributed by atoms with Gasteiger partial charge in [-0.1, -0.05) is 0 Å². The molecule has 7 nitrogen and oxygen atoms in total. The molecule has 2 N–H and O–H groups in total. The summed E-state index contributed by atoms with van der Waals surface area (Å²) < 4.78 is 12.2. The lowest BCUT2D eigenvalue weighted by Crippen LogP contribution is -2.41. The van der Waals surface area contributed by atoms with Gasteiger partial charge in [0.05, 0.1) is 5.69 Å². The highest BCUT2D eigenvalue weighted by molar-refractivity contribution is 5.73. The van der Waals surface area contributed by atoms with Crippen molar-refractivity contribution in [2.45, 2.75) is 51.7 Å². The summed E-state index contributed by atoms with van der Waals surface area (Å²) in [5.74, 6) is 1.60. The third-order valence-corrected chi connectivity index (χ3v) is 5.36. The van der Waals surface area contributed by atoms with Crippen LogP contribution in [0.3, 0.4) is 0 Å². The molecule has 3 rings (SSSR count). The zero-order valence-corrected chi connectivity index (χ0v) is 16.1. The molecular formula is C20H29N3O4. The molecule has 0 saturated carbocycles. The van der Waals surface area contributed by atoms with E-state index in [1.165, 1.54) is 0 Å². The average molecular weight is 375 g/mol. The fourth-order valence-corrected chi connectivity index (χ4v) is 3.64. The maximum Gasteiger partial charge on any atom is 0.219 e. The summed E-state index contributed by atoms with van der Waals surface area (Å²) in [6.07, 6.45) is 3.39. The molecule has 0 bridgehead atoms.